The highest BCUT2D eigenvalue weighted by molar-refractivity contribution is 6.74. The van der Waals surface area contributed by atoms with Crippen molar-refractivity contribution < 1.29 is 18.3 Å². The van der Waals surface area contributed by atoms with Crippen LogP contribution in [0.5, 0.6) is 0 Å². The van der Waals surface area contributed by atoms with Crippen molar-refractivity contribution in [2.24, 2.45) is 0 Å². The molecule has 0 spiro atoms. The molecular weight excluding hydrogens is 480 g/mol. The van der Waals surface area contributed by atoms with Crippen molar-refractivity contribution in [3.05, 3.63) is 33.1 Å². The molecule has 1 aromatic rings. The van der Waals surface area contributed by atoms with Crippen LogP contribution in [0.25, 0.3) is 0 Å². The van der Waals surface area contributed by atoms with E-state index in [-0.39, 0.29) is 16.1 Å². The molecule has 0 saturated carbocycles. The fourth-order valence-electron chi connectivity index (χ4n) is 3.12. The zero-order valence-electron chi connectivity index (χ0n) is 21.7. The average Bonchev–Trinajstić information content (AvgIpc) is 2.95. The summed E-state index contributed by atoms with van der Waals surface area (Å²) < 4.78 is 26.8. The molecule has 190 valence electrons. The third-order valence-electron chi connectivity index (χ3n) is 7.32. The van der Waals surface area contributed by atoms with Crippen molar-refractivity contribution in [2.45, 2.75) is 102 Å². The predicted octanol–water partition coefficient (Wildman–Crippen LogP) is 4.43. The smallest absolute Gasteiger partial charge is 0.330 e. The SMILES string of the molecule is CC(C)(C)[Si](C)(C)OC[C@H]1O[C@@H](n2ccc(=O)[nH]c2=O)[C@H](O[Si](C)(C)C(C)(C)C)[C@@H]1OCCl. The van der Waals surface area contributed by atoms with E-state index >= 15 is 0 Å². The Balaban J connectivity index is 2.47. The lowest BCUT2D eigenvalue weighted by Crippen LogP contribution is -2.51. The summed E-state index contributed by atoms with van der Waals surface area (Å²) in [6.07, 6.45) is -0.976. The first-order chi connectivity index (χ1) is 14.9. The van der Waals surface area contributed by atoms with Gasteiger partial charge in [-0.25, -0.2) is 4.79 Å². The van der Waals surface area contributed by atoms with Gasteiger partial charge in [0, 0.05) is 12.3 Å². The van der Waals surface area contributed by atoms with Gasteiger partial charge in [-0.15, -0.1) is 0 Å². The van der Waals surface area contributed by atoms with E-state index in [1.165, 1.54) is 16.8 Å². The quantitative estimate of drug-likeness (QED) is 0.402. The second-order valence-corrected chi connectivity index (χ2v) is 21.5. The Morgan fingerprint density at radius 2 is 1.61 bits per heavy atom. The zero-order chi connectivity index (χ0) is 25.4. The van der Waals surface area contributed by atoms with E-state index < -0.39 is 52.4 Å². The number of ether oxygens (including phenoxy) is 2. The number of aromatic nitrogens is 2. The van der Waals surface area contributed by atoms with Crippen LogP contribution in [0.1, 0.15) is 47.8 Å². The molecule has 2 heterocycles. The molecule has 0 radical (unpaired) electrons. The van der Waals surface area contributed by atoms with Crippen LogP contribution < -0.4 is 11.2 Å². The molecule has 2 rings (SSSR count). The molecule has 33 heavy (non-hydrogen) atoms. The summed E-state index contributed by atoms with van der Waals surface area (Å²) in [5.41, 5.74) is -1.03. The van der Waals surface area contributed by atoms with Gasteiger partial charge in [-0.2, -0.15) is 0 Å². The van der Waals surface area contributed by atoms with Crippen molar-refractivity contribution in [1.82, 2.24) is 9.55 Å². The van der Waals surface area contributed by atoms with Gasteiger partial charge in [0.15, 0.2) is 22.9 Å². The average molecular weight is 521 g/mol. The van der Waals surface area contributed by atoms with Crippen LogP contribution in [-0.2, 0) is 18.3 Å². The van der Waals surface area contributed by atoms with Gasteiger partial charge < -0.3 is 18.3 Å². The lowest BCUT2D eigenvalue weighted by atomic mass is 10.1. The molecule has 1 aliphatic rings. The number of hydrogen-bond acceptors (Lipinski definition) is 6. The molecule has 1 aromatic heterocycles. The minimum atomic E-state index is -2.29. The Morgan fingerprint density at radius 1 is 1.03 bits per heavy atom. The number of H-pyrrole nitrogens is 1. The highest BCUT2D eigenvalue weighted by atomic mass is 35.5. The van der Waals surface area contributed by atoms with Crippen molar-refractivity contribution in [3.8, 4) is 0 Å². The van der Waals surface area contributed by atoms with Crippen LogP contribution in [0.2, 0.25) is 36.3 Å². The monoisotopic (exact) mass is 520 g/mol. The summed E-state index contributed by atoms with van der Waals surface area (Å²) in [4.78, 5) is 26.6. The molecule has 4 atom stereocenters. The fraction of sp³-hybridized carbons (Fsp3) is 0.818. The van der Waals surface area contributed by atoms with Gasteiger partial charge in [-0.3, -0.25) is 14.3 Å². The minimum Gasteiger partial charge on any atom is -0.414 e. The van der Waals surface area contributed by atoms with Crippen molar-refractivity contribution in [2.75, 3.05) is 12.7 Å². The van der Waals surface area contributed by atoms with E-state index in [2.05, 4.69) is 72.7 Å². The Bertz CT molecular complexity index is 919. The summed E-state index contributed by atoms with van der Waals surface area (Å²) in [5, 5.41) is -0.0461. The normalized spacial score (nSPS) is 24.9. The zero-order valence-corrected chi connectivity index (χ0v) is 24.4. The number of aromatic amines is 1. The van der Waals surface area contributed by atoms with Gasteiger partial charge >= 0.3 is 5.69 Å². The van der Waals surface area contributed by atoms with E-state index in [4.69, 9.17) is 29.9 Å². The first-order valence-corrected chi connectivity index (χ1v) is 17.7. The van der Waals surface area contributed by atoms with Crippen molar-refractivity contribution >= 4 is 28.2 Å². The topological polar surface area (TPSA) is 91.8 Å². The molecule has 0 amide bonds. The molecule has 11 heteroatoms. The molecule has 1 aliphatic heterocycles. The summed E-state index contributed by atoms with van der Waals surface area (Å²) in [7, 11) is -4.35. The third kappa shape index (κ3) is 6.47. The largest absolute Gasteiger partial charge is 0.414 e. The maximum Gasteiger partial charge on any atom is 0.330 e. The standard InChI is InChI=1S/C22H41ClN2O6Si2/c1-21(2,3)32(7,8)29-13-15-17(28-14-23)18(31-33(9,10)22(4,5)6)19(30-15)25-12-11-16(26)24-20(25)27/h11-12,15,17-19H,13-14H2,1-10H3,(H,24,26,27)/t15-,17-,18-,19-/m1/s1. The number of hydrogen-bond donors (Lipinski definition) is 1. The number of rotatable bonds is 8. The van der Waals surface area contributed by atoms with Gasteiger partial charge in [-0.1, -0.05) is 53.1 Å². The summed E-state index contributed by atoms with van der Waals surface area (Å²) >= 11 is 6.01. The highest BCUT2D eigenvalue weighted by Gasteiger charge is 2.52. The molecular formula is C22H41ClN2O6Si2. The van der Waals surface area contributed by atoms with Crippen LogP contribution in [0.3, 0.4) is 0 Å². The number of alkyl halides is 1. The maximum atomic E-state index is 12.6. The number of nitrogens with zero attached hydrogens (tertiary/aromatic N) is 1. The lowest BCUT2D eigenvalue weighted by molar-refractivity contribution is -0.0550. The van der Waals surface area contributed by atoms with E-state index in [1.54, 1.807) is 0 Å². The molecule has 1 fully saturated rings. The van der Waals surface area contributed by atoms with E-state index in [0.717, 1.165) is 0 Å². The molecule has 0 aromatic carbocycles. The van der Waals surface area contributed by atoms with Gasteiger partial charge in [0.05, 0.1) is 6.61 Å². The lowest BCUT2D eigenvalue weighted by Gasteiger charge is -2.40. The van der Waals surface area contributed by atoms with Gasteiger partial charge in [0.1, 0.15) is 24.4 Å². The molecule has 8 nitrogen and oxygen atoms in total. The fourth-order valence-corrected chi connectivity index (χ4v) is 5.56. The van der Waals surface area contributed by atoms with Crippen LogP contribution in [0.4, 0.5) is 0 Å². The second-order valence-electron chi connectivity index (χ2n) is 11.7. The number of nitrogens with one attached hydrogen (secondary N) is 1. The minimum absolute atomic E-state index is 0.0285. The van der Waals surface area contributed by atoms with Crippen molar-refractivity contribution in [3.63, 3.8) is 0 Å². The summed E-state index contributed by atoms with van der Waals surface area (Å²) in [6.45, 7) is 21.9. The van der Waals surface area contributed by atoms with Crippen LogP contribution >= 0.6 is 11.6 Å². The van der Waals surface area contributed by atoms with E-state index in [1.807, 2.05) is 0 Å². The highest BCUT2D eigenvalue weighted by Crippen LogP contribution is 2.43. The van der Waals surface area contributed by atoms with Crippen LogP contribution in [0, 0.1) is 0 Å². The Labute approximate surface area is 204 Å². The maximum absolute atomic E-state index is 12.6. The molecule has 0 aliphatic carbocycles. The molecule has 0 unspecified atom stereocenters. The summed E-state index contributed by atoms with van der Waals surface area (Å²) in [6, 6.07) is 1.25. The van der Waals surface area contributed by atoms with Crippen LogP contribution in [0.15, 0.2) is 21.9 Å². The molecule has 1 saturated heterocycles. The van der Waals surface area contributed by atoms with E-state index in [9.17, 15) is 9.59 Å². The van der Waals surface area contributed by atoms with Crippen molar-refractivity contribution in [1.29, 1.82) is 0 Å². The summed E-state index contributed by atoms with van der Waals surface area (Å²) in [5.74, 6) is 0. The van der Waals surface area contributed by atoms with E-state index in [0.29, 0.717) is 6.61 Å². The Hall–Kier alpha value is -0.756. The third-order valence-corrected chi connectivity index (χ3v) is 16.4. The first kappa shape index (κ1) is 28.5. The molecule has 1 N–H and O–H groups in total. The number of halogens is 1. The second kappa shape index (κ2) is 10.1. The van der Waals surface area contributed by atoms with Gasteiger partial charge in [-0.05, 0) is 36.3 Å². The Morgan fingerprint density at radius 3 is 2.09 bits per heavy atom. The molecule has 0 bridgehead atoms. The first-order valence-electron chi connectivity index (χ1n) is 11.4. The van der Waals surface area contributed by atoms with Gasteiger partial charge in [0.25, 0.3) is 5.56 Å². The Kier molecular flexibility index (Phi) is 8.70. The predicted molar refractivity (Wildman–Crippen MR) is 136 cm³/mol. The van der Waals surface area contributed by atoms with Crippen LogP contribution in [-0.4, -0.2) is 57.2 Å². The van der Waals surface area contributed by atoms with Gasteiger partial charge in [0.2, 0.25) is 0 Å².